The van der Waals surface area contributed by atoms with E-state index >= 15 is 0 Å². The molecule has 19 heavy (non-hydrogen) atoms. The van der Waals surface area contributed by atoms with Crippen molar-refractivity contribution in [3.05, 3.63) is 23.8 Å². The van der Waals surface area contributed by atoms with Crippen LogP contribution in [0.15, 0.2) is 18.2 Å². The zero-order chi connectivity index (χ0) is 14.4. The molecule has 0 spiro atoms. The zero-order valence-electron chi connectivity index (χ0n) is 10.6. The molecule has 0 aliphatic carbocycles. The lowest BCUT2D eigenvalue weighted by atomic mass is 10.0. The summed E-state index contributed by atoms with van der Waals surface area (Å²) in [7, 11) is 0. The fourth-order valence-electron chi connectivity index (χ4n) is 1.68. The Morgan fingerprint density at radius 1 is 1.32 bits per heavy atom. The number of carboxylic acids is 1. The minimum Gasteiger partial charge on any atom is -0.508 e. The van der Waals surface area contributed by atoms with Crippen LogP contribution in [-0.2, 0) is 4.79 Å². The van der Waals surface area contributed by atoms with Crippen molar-refractivity contribution in [3.8, 4) is 11.5 Å². The summed E-state index contributed by atoms with van der Waals surface area (Å²) < 4.78 is 0. The van der Waals surface area contributed by atoms with Crippen LogP contribution in [0.3, 0.4) is 0 Å². The number of phenols is 2. The van der Waals surface area contributed by atoms with Crippen LogP contribution in [0.5, 0.6) is 11.5 Å². The van der Waals surface area contributed by atoms with Gasteiger partial charge in [-0.2, -0.15) is 0 Å². The van der Waals surface area contributed by atoms with E-state index in [0.717, 1.165) is 6.07 Å². The molecule has 1 aromatic rings. The summed E-state index contributed by atoms with van der Waals surface area (Å²) in [6.45, 7) is 1.84. The average molecular weight is 267 g/mol. The van der Waals surface area contributed by atoms with Gasteiger partial charge in [-0.3, -0.25) is 9.59 Å². The van der Waals surface area contributed by atoms with Crippen LogP contribution in [0.25, 0.3) is 0 Å². The van der Waals surface area contributed by atoms with Gasteiger partial charge in [0.1, 0.15) is 11.5 Å². The quantitative estimate of drug-likeness (QED) is 0.582. The second kappa shape index (κ2) is 6.63. The van der Waals surface area contributed by atoms with Crippen LogP contribution < -0.4 is 5.32 Å². The summed E-state index contributed by atoms with van der Waals surface area (Å²) in [6.07, 6.45) is 1.16. The molecule has 0 bridgehead atoms. The maximum Gasteiger partial charge on any atom is 0.308 e. The van der Waals surface area contributed by atoms with Gasteiger partial charge in [-0.1, -0.05) is 13.3 Å². The number of carbonyl (C=O) groups excluding carboxylic acids is 1. The molecule has 6 heteroatoms. The molecule has 0 saturated carbocycles. The van der Waals surface area contributed by atoms with Crippen molar-refractivity contribution < 1.29 is 24.9 Å². The predicted molar refractivity (Wildman–Crippen MR) is 68.1 cm³/mol. The molecule has 0 fully saturated rings. The largest absolute Gasteiger partial charge is 0.508 e. The molecule has 0 aromatic heterocycles. The Kier molecular flexibility index (Phi) is 5.17. The Morgan fingerprint density at radius 3 is 2.58 bits per heavy atom. The second-order valence-electron chi connectivity index (χ2n) is 4.24. The van der Waals surface area contributed by atoms with Crippen LogP contribution in [0.1, 0.15) is 30.1 Å². The first-order chi connectivity index (χ1) is 8.95. The van der Waals surface area contributed by atoms with Gasteiger partial charge in [0.25, 0.3) is 5.91 Å². The molecule has 6 nitrogen and oxygen atoms in total. The summed E-state index contributed by atoms with van der Waals surface area (Å²) in [5.41, 5.74) is -0.0827. The lowest BCUT2D eigenvalue weighted by molar-refractivity contribution is -0.141. The SMILES string of the molecule is CCCC(CNC(=O)c1cc(O)ccc1O)C(=O)O. The lowest BCUT2D eigenvalue weighted by Crippen LogP contribution is -2.32. The maximum absolute atomic E-state index is 11.8. The zero-order valence-corrected chi connectivity index (χ0v) is 10.6. The van der Waals surface area contributed by atoms with Crippen molar-refractivity contribution in [1.82, 2.24) is 5.32 Å². The molecule has 0 aliphatic heterocycles. The summed E-state index contributed by atoms with van der Waals surface area (Å²) in [4.78, 5) is 22.7. The molecule has 1 aromatic carbocycles. The van der Waals surface area contributed by atoms with Gasteiger partial charge >= 0.3 is 5.97 Å². The van der Waals surface area contributed by atoms with Crippen LogP contribution in [0.4, 0.5) is 0 Å². The van der Waals surface area contributed by atoms with Crippen molar-refractivity contribution in [2.75, 3.05) is 6.54 Å². The first-order valence-corrected chi connectivity index (χ1v) is 5.98. The molecule has 1 unspecified atom stereocenters. The molecular weight excluding hydrogens is 250 g/mol. The fraction of sp³-hybridized carbons (Fsp3) is 0.385. The smallest absolute Gasteiger partial charge is 0.308 e. The van der Waals surface area contributed by atoms with Crippen molar-refractivity contribution in [2.24, 2.45) is 5.92 Å². The highest BCUT2D eigenvalue weighted by molar-refractivity contribution is 5.97. The van der Waals surface area contributed by atoms with E-state index in [2.05, 4.69) is 5.32 Å². The highest BCUT2D eigenvalue weighted by Gasteiger charge is 2.19. The van der Waals surface area contributed by atoms with Gasteiger partial charge in [-0.15, -0.1) is 0 Å². The maximum atomic E-state index is 11.8. The normalized spacial score (nSPS) is 11.8. The molecule has 104 valence electrons. The van der Waals surface area contributed by atoms with E-state index in [4.69, 9.17) is 5.11 Å². The monoisotopic (exact) mass is 267 g/mol. The molecule has 0 radical (unpaired) electrons. The van der Waals surface area contributed by atoms with Crippen LogP contribution >= 0.6 is 0 Å². The second-order valence-corrected chi connectivity index (χ2v) is 4.24. The molecule has 1 rings (SSSR count). The summed E-state index contributed by atoms with van der Waals surface area (Å²) in [6, 6.07) is 3.58. The van der Waals surface area contributed by atoms with Crippen molar-refractivity contribution in [1.29, 1.82) is 0 Å². The minimum atomic E-state index is -0.970. The van der Waals surface area contributed by atoms with E-state index in [1.807, 2.05) is 6.92 Å². The standard InChI is InChI=1S/C13H17NO5/c1-2-3-8(13(18)19)7-14-12(17)10-6-9(15)4-5-11(10)16/h4-6,8,15-16H,2-3,7H2,1H3,(H,14,17)(H,18,19). The molecule has 0 aliphatic rings. The van der Waals surface area contributed by atoms with E-state index in [0.29, 0.717) is 12.8 Å². The topological polar surface area (TPSA) is 107 Å². The van der Waals surface area contributed by atoms with Crippen molar-refractivity contribution in [3.63, 3.8) is 0 Å². The fourth-order valence-corrected chi connectivity index (χ4v) is 1.68. The van der Waals surface area contributed by atoms with E-state index in [1.54, 1.807) is 0 Å². The molecule has 0 saturated heterocycles. The number of amides is 1. The summed E-state index contributed by atoms with van der Waals surface area (Å²) in [5.74, 6) is -2.66. The highest BCUT2D eigenvalue weighted by atomic mass is 16.4. The Labute approximate surface area is 110 Å². The third kappa shape index (κ3) is 4.17. The molecule has 4 N–H and O–H groups in total. The number of rotatable bonds is 6. The number of hydrogen-bond donors (Lipinski definition) is 4. The summed E-state index contributed by atoms with van der Waals surface area (Å²) in [5, 5.41) is 30.1. The number of nitrogens with one attached hydrogen (secondary N) is 1. The molecule has 1 amide bonds. The van der Waals surface area contributed by atoms with Crippen LogP contribution in [0.2, 0.25) is 0 Å². The number of aliphatic carboxylic acids is 1. The Balaban J connectivity index is 2.69. The average Bonchev–Trinajstić information content (AvgIpc) is 2.36. The predicted octanol–water partition coefficient (Wildman–Crippen LogP) is 1.33. The third-order valence-electron chi connectivity index (χ3n) is 2.72. The molecule has 1 atom stereocenters. The first kappa shape index (κ1) is 14.8. The molecular formula is C13H17NO5. The lowest BCUT2D eigenvalue weighted by Gasteiger charge is -2.12. The van der Waals surface area contributed by atoms with Gasteiger partial charge in [-0.25, -0.2) is 0 Å². The number of carbonyl (C=O) groups is 2. The number of benzene rings is 1. The Morgan fingerprint density at radius 2 is 2.00 bits per heavy atom. The van der Waals surface area contributed by atoms with Crippen LogP contribution in [0, 0.1) is 5.92 Å². The van der Waals surface area contributed by atoms with Gasteiger partial charge in [0.2, 0.25) is 0 Å². The highest BCUT2D eigenvalue weighted by Crippen LogP contribution is 2.21. The molecule has 0 heterocycles. The van der Waals surface area contributed by atoms with Crippen LogP contribution in [-0.4, -0.2) is 33.7 Å². The first-order valence-electron chi connectivity index (χ1n) is 5.98. The van der Waals surface area contributed by atoms with Gasteiger partial charge in [0, 0.05) is 6.54 Å². The van der Waals surface area contributed by atoms with Gasteiger partial charge in [0.15, 0.2) is 0 Å². The van der Waals surface area contributed by atoms with Gasteiger partial charge in [-0.05, 0) is 24.6 Å². The Hall–Kier alpha value is -2.24. The number of aromatic hydroxyl groups is 2. The number of phenolic OH excluding ortho intramolecular Hbond substituents is 2. The third-order valence-corrected chi connectivity index (χ3v) is 2.72. The van der Waals surface area contributed by atoms with Crippen molar-refractivity contribution in [2.45, 2.75) is 19.8 Å². The minimum absolute atomic E-state index is 0.0168. The van der Waals surface area contributed by atoms with Gasteiger partial charge in [0.05, 0.1) is 11.5 Å². The van der Waals surface area contributed by atoms with Crippen molar-refractivity contribution >= 4 is 11.9 Å². The van der Waals surface area contributed by atoms with E-state index in [-0.39, 0.29) is 23.6 Å². The van der Waals surface area contributed by atoms with Gasteiger partial charge < -0.3 is 20.6 Å². The number of hydrogen-bond acceptors (Lipinski definition) is 4. The van der Waals surface area contributed by atoms with E-state index < -0.39 is 17.8 Å². The van der Waals surface area contributed by atoms with E-state index in [9.17, 15) is 19.8 Å². The number of carboxylic acid groups (broad SMARTS) is 1. The summed E-state index contributed by atoms with van der Waals surface area (Å²) >= 11 is 0. The van der Waals surface area contributed by atoms with E-state index in [1.165, 1.54) is 12.1 Å². The Bertz CT molecular complexity index is 472.